The molecule has 0 bridgehead atoms. The molecule has 0 aliphatic rings. The van der Waals surface area contributed by atoms with Crippen LogP contribution in [0.5, 0.6) is 0 Å². The third-order valence-corrected chi connectivity index (χ3v) is 4.88. The molecule has 0 N–H and O–H groups in total. The number of fused-ring (bicyclic) bond motifs is 1. The number of nitrogens with zero attached hydrogens (tertiary/aromatic N) is 1. The van der Waals surface area contributed by atoms with E-state index in [1.54, 1.807) is 17.4 Å². The quantitative estimate of drug-likeness (QED) is 0.519. The van der Waals surface area contributed by atoms with E-state index in [1.807, 2.05) is 54.6 Å². The van der Waals surface area contributed by atoms with Crippen molar-refractivity contribution in [1.29, 1.82) is 0 Å². The van der Waals surface area contributed by atoms with Gasteiger partial charge in [0.1, 0.15) is 11.5 Å². The van der Waals surface area contributed by atoms with Gasteiger partial charge in [0.2, 0.25) is 0 Å². The minimum atomic E-state index is -0.0241. The first-order valence-electron chi connectivity index (χ1n) is 7.62. The number of hydrogen-bond donors (Lipinski definition) is 0. The van der Waals surface area contributed by atoms with Crippen LogP contribution in [0.3, 0.4) is 0 Å². The van der Waals surface area contributed by atoms with Gasteiger partial charge in [-0.3, -0.25) is 4.79 Å². The SMILES string of the molecule is O=C(c1cc2ccccc2s1)N(Cc1ccco1)Cc1ccco1. The number of rotatable bonds is 5. The summed E-state index contributed by atoms with van der Waals surface area (Å²) in [4.78, 5) is 15.5. The van der Waals surface area contributed by atoms with E-state index in [9.17, 15) is 4.79 Å². The summed E-state index contributed by atoms with van der Waals surface area (Å²) in [6.45, 7) is 0.807. The maximum atomic E-state index is 13.0. The predicted octanol–water partition coefficient (Wildman–Crippen LogP) is 4.93. The molecule has 0 fully saturated rings. The highest BCUT2D eigenvalue weighted by Gasteiger charge is 2.20. The van der Waals surface area contributed by atoms with Gasteiger partial charge in [-0.05, 0) is 41.8 Å². The lowest BCUT2D eigenvalue weighted by molar-refractivity contribution is 0.0710. The van der Waals surface area contributed by atoms with Crippen LogP contribution in [0.25, 0.3) is 10.1 Å². The molecule has 4 aromatic rings. The molecular weight excluding hydrogens is 322 g/mol. The number of amides is 1. The Morgan fingerprint density at radius 2 is 1.58 bits per heavy atom. The number of hydrogen-bond acceptors (Lipinski definition) is 4. The second kappa shape index (κ2) is 6.37. The van der Waals surface area contributed by atoms with Crippen LogP contribution in [0.4, 0.5) is 0 Å². The van der Waals surface area contributed by atoms with E-state index in [1.165, 1.54) is 11.3 Å². The van der Waals surface area contributed by atoms with Crippen molar-refractivity contribution in [2.45, 2.75) is 13.1 Å². The average molecular weight is 337 g/mol. The van der Waals surface area contributed by atoms with Gasteiger partial charge in [0.05, 0.1) is 30.5 Å². The van der Waals surface area contributed by atoms with Crippen molar-refractivity contribution in [3.05, 3.63) is 83.5 Å². The lowest BCUT2D eigenvalue weighted by Gasteiger charge is -2.19. The van der Waals surface area contributed by atoms with Crippen molar-refractivity contribution in [3.8, 4) is 0 Å². The molecule has 3 heterocycles. The summed E-state index contributed by atoms with van der Waals surface area (Å²) in [6, 6.07) is 17.3. The predicted molar refractivity (Wildman–Crippen MR) is 92.8 cm³/mol. The zero-order valence-electron chi connectivity index (χ0n) is 12.8. The van der Waals surface area contributed by atoms with Crippen molar-refractivity contribution in [2.75, 3.05) is 0 Å². The topological polar surface area (TPSA) is 46.6 Å². The zero-order chi connectivity index (χ0) is 16.4. The van der Waals surface area contributed by atoms with Gasteiger partial charge in [0, 0.05) is 4.70 Å². The van der Waals surface area contributed by atoms with Crippen LogP contribution in [0.2, 0.25) is 0 Å². The first-order valence-corrected chi connectivity index (χ1v) is 8.44. The molecule has 0 spiro atoms. The van der Waals surface area contributed by atoms with E-state index in [0.29, 0.717) is 18.0 Å². The van der Waals surface area contributed by atoms with Gasteiger partial charge in [-0.15, -0.1) is 11.3 Å². The van der Waals surface area contributed by atoms with Crippen molar-refractivity contribution < 1.29 is 13.6 Å². The minimum Gasteiger partial charge on any atom is -0.467 e. The Balaban J connectivity index is 1.64. The highest BCUT2D eigenvalue weighted by atomic mass is 32.1. The number of carbonyl (C=O) groups is 1. The average Bonchev–Trinajstić information content (AvgIpc) is 3.34. The van der Waals surface area contributed by atoms with Crippen molar-refractivity contribution >= 4 is 27.3 Å². The lowest BCUT2D eigenvalue weighted by atomic mass is 10.2. The third-order valence-electron chi connectivity index (χ3n) is 3.78. The third kappa shape index (κ3) is 2.98. The second-order valence-corrected chi connectivity index (χ2v) is 6.55. The van der Waals surface area contributed by atoms with Crippen molar-refractivity contribution in [3.63, 3.8) is 0 Å². The molecule has 1 amide bonds. The summed E-state index contributed by atoms with van der Waals surface area (Å²) in [5.41, 5.74) is 0. The fourth-order valence-electron chi connectivity index (χ4n) is 2.62. The zero-order valence-corrected chi connectivity index (χ0v) is 13.7. The lowest BCUT2D eigenvalue weighted by Crippen LogP contribution is -2.29. The first-order chi connectivity index (χ1) is 11.8. The van der Waals surface area contributed by atoms with Gasteiger partial charge in [0.15, 0.2) is 0 Å². The summed E-state index contributed by atoms with van der Waals surface area (Å²) in [7, 11) is 0. The molecule has 0 atom stereocenters. The molecule has 0 saturated carbocycles. The van der Waals surface area contributed by atoms with E-state index in [-0.39, 0.29) is 5.91 Å². The Kier molecular flexibility index (Phi) is 3.92. The highest BCUT2D eigenvalue weighted by Crippen LogP contribution is 2.27. The van der Waals surface area contributed by atoms with Crippen LogP contribution in [-0.2, 0) is 13.1 Å². The van der Waals surface area contributed by atoms with E-state index in [0.717, 1.165) is 21.6 Å². The molecule has 1 aromatic carbocycles. The summed E-state index contributed by atoms with van der Waals surface area (Å²) in [6.07, 6.45) is 3.23. The van der Waals surface area contributed by atoms with E-state index >= 15 is 0 Å². The molecule has 3 aromatic heterocycles. The maximum absolute atomic E-state index is 13.0. The normalized spacial score (nSPS) is 11.0. The fourth-order valence-corrected chi connectivity index (χ4v) is 3.65. The molecule has 4 nitrogen and oxygen atoms in total. The molecule has 0 aliphatic carbocycles. The van der Waals surface area contributed by atoms with E-state index in [4.69, 9.17) is 8.83 Å². The Bertz CT molecular complexity index is 869. The fraction of sp³-hybridized carbons (Fsp3) is 0.105. The largest absolute Gasteiger partial charge is 0.467 e. The maximum Gasteiger partial charge on any atom is 0.264 e. The number of thiophene rings is 1. The van der Waals surface area contributed by atoms with Crippen LogP contribution in [0, 0.1) is 0 Å². The molecule has 0 aliphatic heterocycles. The summed E-state index contributed by atoms with van der Waals surface area (Å²) in [5.74, 6) is 1.47. The molecule has 120 valence electrons. The monoisotopic (exact) mass is 337 g/mol. The second-order valence-electron chi connectivity index (χ2n) is 5.47. The minimum absolute atomic E-state index is 0.0241. The first kappa shape index (κ1) is 14.8. The summed E-state index contributed by atoms with van der Waals surface area (Å²) in [5, 5.41) is 1.08. The molecule has 24 heavy (non-hydrogen) atoms. The van der Waals surface area contributed by atoms with Gasteiger partial charge in [-0.25, -0.2) is 0 Å². The standard InChI is InChI=1S/C19H15NO3S/c21-19(18-11-14-5-1-2-8-17(14)24-18)20(12-15-6-3-9-22-15)13-16-7-4-10-23-16/h1-11H,12-13H2. The summed E-state index contributed by atoms with van der Waals surface area (Å²) >= 11 is 1.51. The Morgan fingerprint density at radius 3 is 2.17 bits per heavy atom. The molecule has 0 saturated heterocycles. The Hall–Kier alpha value is -2.79. The molecular formula is C19H15NO3S. The smallest absolute Gasteiger partial charge is 0.264 e. The number of benzene rings is 1. The molecule has 0 radical (unpaired) electrons. The van der Waals surface area contributed by atoms with E-state index in [2.05, 4.69) is 0 Å². The molecule has 4 rings (SSSR count). The van der Waals surface area contributed by atoms with Crippen LogP contribution >= 0.6 is 11.3 Å². The van der Waals surface area contributed by atoms with Gasteiger partial charge in [-0.2, -0.15) is 0 Å². The van der Waals surface area contributed by atoms with Crippen molar-refractivity contribution in [1.82, 2.24) is 4.90 Å². The van der Waals surface area contributed by atoms with Crippen LogP contribution in [0.1, 0.15) is 21.2 Å². The van der Waals surface area contributed by atoms with Gasteiger partial charge in [-0.1, -0.05) is 18.2 Å². The van der Waals surface area contributed by atoms with Crippen LogP contribution in [-0.4, -0.2) is 10.8 Å². The Labute approximate surface area is 142 Å². The van der Waals surface area contributed by atoms with Crippen LogP contribution < -0.4 is 0 Å². The van der Waals surface area contributed by atoms with Crippen molar-refractivity contribution in [2.24, 2.45) is 0 Å². The molecule has 5 heteroatoms. The van der Waals surface area contributed by atoms with E-state index < -0.39 is 0 Å². The van der Waals surface area contributed by atoms with Gasteiger partial charge in [0.25, 0.3) is 5.91 Å². The van der Waals surface area contributed by atoms with Gasteiger partial charge >= 0.3 is 0 Å². The Morgan fingerprint density at radius 1 is 0.917 bits per heavy atom. The highest BCUT2D eigenvalue weighted by molar-refractivity contribution is 7.20. The molecule has 0 unspecified atom stereocenters. The van der Waals surface area contributed by atoms with Gasteiger partial charge < -0.3 is 13.7 Å². The number of furan rings is 2. The van der Waals surface area contributed by atoms with Crippen LogP contribution in [0.15, 0.2) is 76.0 Å². The number of carbonyl (C=O) groups excluding carboxylic acids is 1. The summed E-state index contributed by atoms with van der Waals surface area (Å²) < 4.78 is 11.9.